The molecule has 0 aliphatic heterocycles. The molecule has 27 heavy (non-hydrogen) atoms. The Bertz CT molecular complexity index is 900. The zero-order valence-corrected chi connectivity index (χ0v) is 17.4. The smallest absolute Gasteiger partial charge is 0.240 e. The highest BCUT2D eigenvalue weighted by molar-refractivity contribution is 7.89. The van der Waals surface area contributed by atoms with Crippen LogP contribution in [-0.2, 0) is 21.4 Å². The zero-order chi connectivity index (χ0) is 20.2. The predicted molar refractivity (Wildman–Crippen MR) is 105 cm³/mol. The van der Waals surface area contributed by atoms with Crippen LogP contribution in [0.5, 0.6) is 0 Å². The molecule has 148 valence electrons. The van der Waals surface area contributed by atoms with Crippen LogP contribution in [-0.4, -0.2) is 31.8 Å². The van der Waals surface area contributed by atoms with Crippen LogP contribution in [0.3, 0.4) is 0 Å². The van der Waals surface area contributed by atoms with Crippen molar-refractivity contribution in [3.8, 4) is 0 Å². The van der Waals surface area contributed by atoms with Crippen molar-refractivity contribution < 1.29 is 17.6 Å². The van der Waals surface area contributed by atoms with Crippen molar-refractivity contribution in [2.75, 3.05) is 6.54 Å². The SMILES string of the molecule is Cc1ccc(S(=O)(=O)NCCC(=O)N(Cc2ccc(C)o2)C(C)C)c(C)c1. The Morgan fingerprint density at radius 3 is 2.41 bits per heavy atom. The number of hydrogen-bond acceptors (Lipinski definition) is 4. The van der Waals surface area contributed by atoms with Gasteiger partial charge in [0.2, 0.25) is 15.9 Å². The molecule has 1 heterocycles. The zero-order valence-electron chi connectivity index (χ0n) is 16.6. The second kappa shape index (κ2) is 8.71. The number of furan rings is 1. The second-order valence-electron chi connectivity index (χ2n) is 7.04. The third-order valence-electron chi connectivity index (χ3n) is 4.32. The van der Waals surface area contributed by atoms with E-state index in [9.17, 15) is 13.2 Å². The standard InChI is InChI=1S/C20H28N2O4S/c1-14(2)22(13-18-8-7-17(5)26-18)20(23)10-11-21-27(24,25)19-9-6-15(3)12-16(19)4/h6-9,12,14,21H,10-11,13H2,1-5H3. The molecular weight excluding hydrogens is 364 g/mol. The van der Waals surface area contributed by atoms with Gasteiger partial charge < -0.3 is 9.32 Å². The summed E-state index contributed by atoms with van der Waals surface area (Å²) in [5.74, 6) is 1.38. The molecular formula is C20H28N2O4S. The van der Waals surface area contributed by atoms with Crippen LogP contribution in [0.1, 0.15) is 42.9 Å². The molecule has 0 saturated heterocycles. The summed E-state index contributed by atoms with van der Waals surface area (Å²) in [6.07, 6.45) is 0.0853. The quantitative estimate of drug-likeness (QED) is 0.747. The minimum atomic E-state index is -3.64. The predicted octanol–water partition coefficient (Wildman–Crippen LogP) is 3.31. The average molecular weight is 393 g/mol. The highest BCUT2D eigenvalue weighted by Gasteiger charge is 2.21. The van der Waals surface area contributed by atoms with Gasteiger partial charge in [-0.2, -0.15) is 0 Å². The minimum Gasteiger partial charge on any atom is -0.464 e. The minimum absolute atomic E-state index is 0.0149. The Morgan fingerprint density at radius 1 is 1.15 bits per heavy atom. The number of nitrogens with zero attached hydrogens (tertiary/aromatic N) is 1. The van der Waals surface area contributed by atoms with Gasteiger partial charge in [0.25, 0.3) is 0 Å². The van der Waals surface area contributed by atoms with Crippen LogP contribution in [0.4, 0.5) is 0 Å². The first kappa shape index (κ1) is 21.2. The van der Waals surface area contributed by atoms with Crippen molar-refractivity contribution in [1.82, 2.24) is 9.62 Å². The number of carbonyl (C=O) groups is 1. The number of carbonyl (C=O) groups excluding carboxylic acids is 1. The van der Waals surface area contributed by atoms with E-state index in [4.69, 9.17) is 4.42 Å². The van der Waals surface area contributed by atoms with E-state index >= 15 is 0 Å². The fraction of sp³-hybridized carbons (Fsp3) is 0.450. The molecule has 7 heteroatoms. The molecule has 0 unspecified atom stereocenters. The largest absolute Gasteiger partial charge is 0.464 e. The molecule has 0 aliphatic carbocycles. The fourth-order valence-electron chi connectivity index (χ4n) is 2.91. The fourth-order valence-corrected chi connectivity index (χ4v) is 4.17. The molecule has 0 radical (unpaired) electrons. The van der Waals surface area contributed by atoms with Crippen LogP contribution in [0.25, 0.3) is 0 Å². The lowest BCUT2D eigenvalue weighted by atomic mass is 10.2. The molecule has 0 saturated carbocycles. The van der Waals surface area contributed by atoms with Gasteiger partial charge in [-0.05, 0) is 58.4 Å². The number of sulfonamides is 1. The summed E-state index contributed by atoms with van der Waals surface area (Å²) in [5, 5.41) is 0. The molecule has 0 aliphatic rings. The maximum Gasteiger partial charge on any atom is 0.240 e. The lowest BCUT2D eigenvalue weighted by molar-refractivity contribution is -0.133. The first-order valence-corrected chi connectivity index (χ1v) is 10.5. The molecule has 0 spiro atoms. The number of nitrogens with one attached hydrogen (secondary N) is 1. The molecule has 2 rings (SSSR count). The van der Waals surface area contributed by atoms with Crippen molar-refractivity contribution in [3.05, 3.63) is 53.0 Å². The highest BCUT2D eigenvalue weighted by atomic mass is 32.2. The molecule has 0 fully saturated rings. The van der Waals surface area contributed by atoms with Gasteiger partial charge >= 0.3 is 0 Å². The number of hydrogen-bond donors (Lipinski definition) is 1. The highest BCUT2D eigenvalue weighted by Crippen LogP contribution is 2.17. The van der Waals surface area contributed by atoms with E-state index in [1.165, 1.54) is 0 Å². The number of rotatable bonds is 8. The van der Waals surface area contributed by atoms with E-state index in [1.54, 1.807) is 24.0 Å². The molecule has 2 aromatic rings. The molecule has 0 atom stereocenters. The van der Waals surface area contributed by atoms with Crippen LogP contribution in [0.15, 0.2) is 39.6 Å². The van der Waals surface area contributed by atoms with E-state index in [2.05, 4.69) is 4.72 Å². The molecule has 0 bridgehead atoms. The van der Waals surface area contributed by atoms with E-state index in [0.717, 1.165) is 11.3 Å². The average Bonchev–Trinajstić information content (AvgIpc) is 2.96. The van der Waals surface area contributed by atoms with Gasteiger partial charge in [-0.3, -0.25) is 4.79 Å². The van der Waals surface area contributed by atoms with Crippen LogP contribution in [0, 0.1) is 20.8 Å². The maximum absolute atomic E-state index is 12.6. The van der Waals surface area contributed by atoms with Crippen LogP contribution in [0.2, 0.25) is 0 Å². The van der Waals surface area contributed by atoms with Gasteiger partial charge in [-0.1, -0.05) is 17.7 Å². The summed E-state index contributed by atoms with van der Waals surface area (Å²) in [5.41, 5.74) is 1.69. The summed E-state index contributed by atoms with van der Waals surface area (Å²) >= 11 is 0. The Kier molecular flexibility index (Phi) is 6.84. The first-order chi connectivity index (χ1) is 12.6. The van der Waals surface area contributed by atoms with Gasteiger partial charge in [0.05, 0.1) is 11.4 Å². The summed E-state index contributed by atoms with van der Waals surface area (Å²) < 4.78 is 33.1. The van der Waals surface area contributed by atoms with E-state index < -0.39 is 10.0 Å². The van der Waals surface area contributed by atoms with E-state index in [0.29, 0.717) is 17.9 Å². The van der Waals surface area contributed by atoms with Crippen molar-refractivity contribution in [3.63, 3.8) is 0 Å². The van der Waals surface area contributed by atoms with Crippen molar-refractivity contribution >= 4 is 15.9 Å². The van der Waals surface area contributed by atoms with Gasteiger partial charge in [-0.15, -0.1) is 0 Å². The normalized spacial score (nSPS) is 11.8. The third-order valence-corrected chi connectivity index (χ3v) is 5.94. The number of benzene rings is 1. The summed E-state index contributed by atoms with van der Waals surface area (Å²) in [7, 11) is -3.64. The van der Waals surface area contributed by atoms with Crippen molar-refractivity contribution in [2.24, 2.45) is 0 Å². The molecule has 1 aromatic carbocycles. The Morgan fingerprint density at radius 2 is 1.85 bits per heavy atom. The number of aryl methyl sites for hydroxylation is 3. The monoisotopic (exact) mass is 392 g/mol. The lowest BCUT2D eigenvalue weighted by Crippen LogP contribution is -2.38. The lowest BCUT2D eigenvalue weighted by Gasteiger charge is -2.26. The third kappa shape index (κ3) is 5.68. The van der Waals surface area contributed by atoms with E-state index in [-0.39, 0.29) is 29.8 Å². The van der Waals surface area contributed by atoms with Gasteiger partial charge in [0.1, 0.15) is 11.5 Å². The van der Waals surface area contributed by atoms with Gasteiger partial charge in [0, 0.05) is 19.0 Å². The first-order valence-electron chi connectivity index (χ1n) is 9.02. The maximum atomic E-state index is 12.6. The molecule has 1 aromatic heterocycles. The molecule has 6 nitrogen and oxygen atoms in total. The topological polar surface area (TPSA) is 79.6 Å². The molecule has 1 N–H and O–H groups in total. The Hall–Kier alpha value is -2.12. The molecule has 1 amide bonds. The van der Waals surface area contributed by atoms with Crippen LogP contribution < -0.4 is 4.72 Å². The second-order valence-corrected chi connectivity index (χ2v) is 8.78. The Labute approximate surface area is 161 Å². The summed E-state index contributed by atoms with van der Waals surface area (Å²) in [6, 6.07) is 8.87. The number of amides is 1. The van der Waals surface area contributed by atoms with Gasteiger partial charge in [-0.25, -0.2) is 13.1 Å². The van der Waals surface area contributed by atoms with Crippen LogP contribution >= 0.6 is 0 Å². The Balaban J connectivity index is 1.98. The van der Waals surface area contributed by atoms with Crippen molar-refractivity contribution in [2.45, 2.75) is 58.5 Å². The summed E-state index contributed by atoms with van der Waals surface area (Å²) in [4.78, 5) is 14.5. The van der Waals surface area contributed by atoms with Crippen molar-refractivity contribution in [1.29, 1.82) is 0 Å². The summed E-state index contributed by atoms with van der Waals surface area (Å²) in [6.45, 7) is 9.80. The van der Waals surface area contributed by atoms with Gasteiger partial charge in [0.15, 0.2) is 0 Å². The van der Waals surface area contributed by atoms with E-state index in [1.807, 2.05) is 45.9 Å².